The third-order valence-electron chi connectivity index (χ3n) is 7.82. The number of nitrogens with zero attached hydrogens (tertiary/aromatic N) is 2. The second-order valence-electron chi connectivity index (χ2n) is 10.5. The third-order valence-corrected chi connectivity index (χ3v) is 7.82. The number of carbonyl (C=O) groups is 2. The van der Waals surface area contributed by atoms with Crippen molar-refractivity contribution in [1.29, 1.82) is 0 Å². The summed E-state index contributed by atoms with van der Waals surface area (Å²) in [4.78, 5) is 45.1. The Morgan fingerprint density at radius 3 is 2.58 bits per heavy atom. The van der Waals surface area contributed by atoms with Crippen LogP contribution >= 0.6 is 12.4 Å². The zero-order valence-electron chi connectivity index (χ0n) is 22.4. The van der Waals surface area contributed by atoms with Gasteiger partial charge in [0.1, 0.15) is 0 Å². The van der Waals surface area contributed by atoms with E-state index in [-0.39, 0.29) is 36.2 Å². The lowest BCUT2D eigenvalue weighted by Gasteiger charge is -2.32. The number of aryl methyl sites for hydroxylation is 1. The molecule has 5 rings (SSSR count). The largest absolute Gasteiger partial charge is 0.330 e. The van der Waals surface area contributed by atoms with Crippen LogP contribution in [0, 0.1) is 18.8 Å². The number of amides is 2. The molecule has 40 heavy (non-hydrogen) atoms. The Bertz CT molecular complexity index is 1560. The summed E-state index contributed by atoms with van der Waals surface area (Å²) in [6.45, 7) is 2.60. The molecule has 2 heterocycles. The van der Waals surface area contributed by atoms with Crippen LogP contribution in [0.1, 0.15) is 36.8 Å². The Hall–Kier alpha value is -3.79. The van der Waals surface area contributed by atoms with Gasteiger partial charge in [0.05, 0.1) is 22.6 Å². The van der Waals surface area contributed by atoms with E-state index in [0.29, 0.717) is 41.9 Å². The van der Waals surface area contributed by atoms with Gasteiger partial charge in [-0.3, -0.25) is 29.6 Å². The molecule has 0 spiro atoms. The van der Waals surface area contributed by atoms with Gasteiger partial charge in [-0.2, -0.15) is 0 Å². The van der Waals surface area contributed by atoms with Gasteiger partial charge in [0.2, 0.25) is 5.91 Å². The van der Waals surface area contributed by atoms with Gasteiger partial charge in [-0.25, -0.2) is 4.90 Å². The monoisotopic (exact) mass is 562 g/mol. The highest BCUT2D eigenvalue weighted by Gasteiger charge is 2.35. The molecule has 2 aromatic carbocycles. The number of aromatic amines is 2. The first-order valence-corrected chi connectivity index (χ1v) is 13.4. The fourth-order valence-electron chi connectivity index (χ4n) is 5.53. The van der Waals surface area contributed by atoms with Gasteiger partial charge in [0.15, 0.2) is 0 Å². The Morgan fingerprint density at radius 2 is 1.85 bits per heavy atom. The number of nitrogens with one attached hydrogen (secondary N) is 2. The van der Waals surface area contributed by atoms with Gasteiger partial charge in [0, 0.05) is 18.3 Å². The van der Waals surface area contributed by atoms with Crippen LogP contribution in [0.25, 0.3) is 22.0 Å². The number of aromatic nitrogens is 3. The van der Waals surface area contributed by atoms with E-state index in [1.165, 1.54) is 4.90 Å². The zero-order valence-corrected chi connectivity index (χ0v) is 23.2. The number of hydrogen-bond donors (Lipinski definition) is 4. The maximum atomic E-state index is 13.9. The molecule has 1 saturated carbocycles. The number of imide groups is 1. The summed E-state index contributed by atoms with van der Waals surface area (Å²) in [6.07, 6.45) is 6.90. The lowest BCUT2D eigenvalue weighted by molar-refractivity contribution is -0.130. The first kappa shape index (κ1) is 29.2. The molecule has 4 aromatic rings. The molecule has 0 aliphatic heterocycles. The molecule has 1 fully saturated rings. The number of anilines is 1. The number of halogens is 1. The van der Waals surface area contributed by atoms with Gasteiger partial charge in [0.25, 0.3) is 11.5 Å². The second-order valence-corrected chi connectivity index (χ2v) is 10.5. The summed E-state index contributed by atoms with van der Waals surface area (Å²) in [6, 6.07) is 13.8. The molecular weight excluding hydrogens is 528 g/mol. The van der Waals surface area contributed by atoms with Crippen molar-refractivity contribution in [3.05, 3.63) is 82.4 Å². The average Bonchev–Trinajstić information content (AvgIpc) is 3.33. The number of carbonyl (C=O) groups excluding carboxylic acids is 2. The Labute approximate surface area is 238 Å². The van der Waals surface area contributed by atoms with E-state index in [9.17, 15) is 14.4 Å². The van der Waals surface area contributed by atoms with Crippen LogP contribution in [0.15, 0.2) is 65.7 Å². The highest BCUT2D eigenvalue weighted by atomic mass is 35.5. The third kappa shape index (κ3) is 6.01. The van der Waals surface area contributed by atoms with Crippen molar-refractivity contribution in [3.8, 4) is 11.1 Å². The fraction of sp³-hybridized carbons (Fsp3) is 0.333. The van der Waals surface area contributed by atoms with E-state index in [1.807, 2.05) is 43.5 Å². The molecule has 1 atom stereocenters. The Balaban J connectivity index is 0.00000370. The molecule has 2 amide bonds. The number of H-pyrrole nitrogens is 2. The topological polar surface area (TPSA) is 151 Å². The predicted molar refractivity (Wildman–Crippen MR) is 159 cm³/mol. The number of fused-ring (bicyclic) bond motifs is 1. The molecule has 10 heteroatoms. The molecule has 1 aliphatic rings. The SMILES string of the molecule is Cc1cnccc1-c1cccc(C[C@H](N)C(=O)N(c2ccc3c(=O)[nH][nH]c3c2)C(=O)[C@H]2CC[C@H](CN)CC2)c1.Cl. The molecule has 1 aliphatic carbocycles. The van der Waals surface area contributed by atoms with E-state index >= 15 is 0 Å². The van der Waals surface area contributed by atoms with Gasteiger partial charge in [-0.1, -0.05) is 24.3 Å². The number of nitrogens with two attached hydrogens (primary N) is 2. The van der Waals surface area contributed by atoms with E-state index in [4.69, 9.17) is 11.5 Å². The van der Waals surface area contributed by atoms with E-state index in [1.54, 1.807) is 24.4 Å². The van der Waals surface area contributed by atoms with Crippen LogP contribution < -0.4 is 21.9 Å². The highest BCUT2D eigenvalue weighted by Crippen LogP contribution is 2.32. The lowest BCUT2D eigenvalue weighted by atomic mass is 9.81. The van der Waals surface area contributed by atoms with Crippen LogP contribution in [-0.2, 0) is 16.0 Å². The first-order valence-electron chi connectivity index (χ1n) is 13.4. The molecule has 6 N–H and O–H groups in total. The molecule has 9 nitrogen and oxygen atoms in total. The highest BCUT2D eigenvalue weighted by molar-refractivity contribution is 6.17. The number of benzene rings is 2. The minimum absolute atomic E-state index is 0. The summed E-state index contributed by atoms with van der Waals surface area (Å²) in [5, 5.41) is 5.81. The van der Waals surface area contributed by atoms with E-state index < -0.39 is 11.9 Å². The van der Waals surface area contributed by atoms with Gasteiger partial charge < -0.3 is 11.5 Å². The second kappa shape index (κ2) is 12.6. The van der Waals surface area contributed by atoms with Crippen LogP contribution in [0.5, 0.6) is 0 Å². The van der Waals surface area contributed by atoms with Crippen molar-refractivity contribution in [2.75, 3.05) is 11.4 Å². The van der Waals surface area contributed by atoms with Crippen molar-refractivity contribution in [2.24, 2.45) is 23.3 Å². The normalized spacial score (nSPS) is 17.7. The summed E-state index contributed by atoms with van der Waals surface area (Å²) in [5.74, 6) is -0.617. The van der Waals surface area contributed by atoms with Gasteiger partial charge in [-0.15, -0.1) is 12.4 Å². The van der Waals surface area contributed by atoms with Crippen LogP contribution in [0.4, 0.5) is 5.69 Å². The van der Waals surface area contributed by atoms with Gasteiger partial charge >= 0.3 is 0 Å². The average molecular weight is 563 g/mol. The van der Waals surface area contributed by atoms with E-state index in [0.717, 1.165) is 35.1 Å². The predicted octanol–water partition coefficient (Wildman–Crippen LogP) is 3.84. The number of pyridine rings is 1. The summed E-state index contributed by atoms with van der Waals surface area (Å²) < 4.78 is 0. The smallest absolute Gasteiger partial charge is 0.271 e. The van der Waals surface area contributed by atoms with Gasteiger partial charge in [-0.05, 0) is 98.0 Å². The maximum absolute atomic E-state index is 13.9. The Kier molecular flexibility index (Phi) is 9.19. The summed E-state index contributed by atoms with van der Waals surface area (Å²) in [7, 11) is 0. The van der Waals surface area contributed by atoms with Crippen LogP contribution in [-0.4, -0.2) is 39.6 Å². The molecule has 0 unspecified atom stereocenters. The van der Waals surface area contributed by atoms with Crippen molar-refractivity contribution in [1.82, 2.24) is 15.2 Å². The standard InChI is InChI=1S/C30H34N6O3.ClH/c1-18-17-33-12-11-24(18)22-4-2-3-20(13-22)14-26(32)30(39)36(29(38)21-7-5-19(16-31)6-8-21)23-9-10-25-27(15-23)34-35-28(25)37;/h2-4,9-13,15,17,19,21,26H,5-8,14,16,31-32H2,1H3,(H2,34,35,37);1H/t19-,21-,26-;/m0./s1. The number of hydrogen-bond acceptors (Lipinski definition) is 6. The minimum Gasteiger partial charge on any atom is -0.330 e. The van der Waals surface area contributed by atoms with Crippen LogP contribution in [0.3, 0.4) is 0 Å². The molecule has 2 aromatic heterocycles. The van der Waals surface area contributed by atoms with Crippen molar-refractivity contribution < 1.29 is 9.59 Å². The van der Waals surface area contributed by atoms with Crippen molar-refractivity contribution >= 4 is 40.8 Å². The molecule has 210 valence electrons. The quantitative estimate of drug-likeness (QED) is 0.268. The molecular formula is C30H35ClN6O3. The fourth-order valence-corrected chi connectivity index (χ4v) is 5.53. The molecule has 0 bridgehead atoms. The first-order chi connectivity index (χ1) is 18.9. The maximum Gasteiger partial charge on any atom is 0.271 e. The summed E-state index contributed by atoms with van der Waals surface area (Å²) in [5.41, 5.74) is 17.0. The molecule has 0 radical (unpaired) electrons. The van der Waals surface area contributed by atoms with Crippen LogP contribution in [0.2, 0.25) is 0 Å². The van der Waals surface area contributed by atoms with Crippen molar-refractivity contribution in [3.63, 3.8) is 0 Å². The summed E-state index contributed by atoms with van der Waals surface area (Å²) >= 11 is 0. The molecule has 0 saturated heterocycles. The van der Waals surface area contributed by atoms with E-state index in [2.05, 4.69) is 15.2 Å². The zero-order chi connectivity index (χ0) is 27.5. The number of rotatable bonds is 7. The Morgan fingerprint density at radius 1 is 1.07 bits per heavy atom. The van der Waals surface area contributed by atoms with Crippen molar-refractivity contribution in [2.45, 2.75) is 45.1 Å². The minimum atomic E-state index is -0.941. The lowest BCUT2D eigenvalue weighted by Crippen LogP contribution is -2.50.